The molecule has 1 fully saturated rings. The first-order valence-corrected chi connectivity index (χ1v) is 11.1. The normalized spacial score (nSPS) is 15.6. The molecule has 0 aliphatic carbocycles. The minimum Gasteiger partial charge on any atom is -0.458 e. The summed E-state index contributed by atoms with van der Waals surface area (Å²) >= 11 is 1.42. The maximum atomic E-state index is 12.7. The molecule has 2 aromatic carbocycles. The summed E-state index contributed by atoms with van der Waals surface area (Å²) in [6, 6.07) is 16.1. The Morgan fingerprint density at radius 3 is 2.61 bits per heavy atom. The van der Waals surface area contributed by atoms with Crippen LogP contribution in [0.1, 0.15) is 5.56 Å². The standard InChI is InChI=1S/C20H21NO5S2/c22-20(9-14-27-18-6-2-1-3-7-18)26-16-17-5-4-8-19(15-17)28(23,24)21-10-12-25-13-11-21/h1-9,14-15H,10-13,16H2/b14-9+. The quantitative estimate of drug-likeness (QED) is 0.390. The number of nitrogens with zero attached hydrogens (tertiary/aromatic N) is 1. The van der Waals surface area contributed by atoms with E-state index >= 15 is 0 Å². The maximum Gasteiger partial charge on any atom is 0.331 e. The fourth-order valence-electron chi connectivity index (χ4n) is 2.60. The molecule has 1 aliphatic heterocycles. The van der Waals surface area contributed by atoms with Gasteiger partial charge in [0.25, 0.3) is 0 Å². The summed E-state index contributed by atoms with van der Waals surface area (Å²) in [4.78, 5) is 13.1. The van der Waals surface area contributed by atoms with Gasteiger partial charge in [0.2, 0.25) is 10.0 Å². The minimum atomic E-state index is -3.57. The second-order valence-corrected chi connectivity index (χ2v) is 8.92. The summed E-state index contributed by atoms with van der Waals surface area (Å²) in [6.07, 6.45) is 1.35. The molecule has 0 aromatic heterocycles. The molecule has 1 aliphatic rings. The lowest BCUT2D eigenvalue weighted by Gasteiger charge is -2.26. The van der Waals surface area contributed by atoms with Crippen LogP contribution in [-0.2, 0) is 30.9 Å². The van der Waals surface area contributed by atoms with Crippen LogP contribution in [0.25, 0.3) is 0 Å². The highest BCUT2D eigenvalue weighted by Crippen LogP contribution is 2.20. The average Bonchev–Trinajstić information content (AvgIpc) is 2.74. The predicted octanol–water partition coefficient (Wildman–Crippen LogP) is 3.06. The molecule has 1 saturated heterocycles. The summed E-state index contributed by atoms with van der Waals surface area (Å²) in [7, 11) is -3.57. The molecule has 0 bridgehead atoms. The molecular weight excluding hydrogens is 398 g/mol. The summed E-state index contributed by atoms with van der Waals surface area (Å²) in [6.45, 7) is 1.47. The number of morpholine rings is 1. The zero-order valence-corrected chi connectivity index (χ0v) is 16.8. The Balaban J connectivity index is 1.56. The topological polar surface area (TPSA) is 72.9 Å². The van der Waals surface area contributed by atoms with Crippen LogP contribution in [0.2, 0.25) is 0 Å². The molecule has 1 heterocycles. The van der Waals surface area contributed by atoms with Gasteiger partial charge in [-0.2, -0.15) is 4.31 Å². The van der Waals surface area contributed by atoms with E-state index in [4.69, 9.17) is 9.47 Å². The Hall–Kier alpha value is -2.13. The molecule has 0 N–H and O–H groups in total. The van der Waals surface area contributed by atoms with Crippen molar-refractivity contribution in [3.05, 3.63) is 71.6 Å². The number of carbonyl (C=O) groups is 1. The number of ether oxygens (including phenoxy) is 2. The highest BCUT2D eigenvalue weighted by molar-refractivity contribution is 8.02. The number of thioether (sulfide) groups is 1. The van der Waals surface area contributed by atoms with Gasteiger partial charge < -0.3 is 9.47 Å². The third-order valence-electron chi connectivity index (χ3n) is 4.04. The Labute approximate surface area is 169 Å². The fraction of sp³-hybridized carbons (Fsp3) is 0.250. The zero-order valence-electron chi connectivity index (χ0n) is 15.2. The van der Waals surface area contributed by atoms with E-state index < -0.39 is 16.0 Å². The first-order valence-electron chi connectivity index (χ1n) is 8.77. The van der Waals surface area contributed by atoms with Crippen LogP contribution < -0.4 is 0 Å². The summed E-state index contributed by atoms with van der Waals surface area (Å²) in [5.74, 6) is -0.482. The van der Waals surface area contributed by atoms with Gasteiger partial charge in [-0.15, -0.1) is 0 Å². The summed E-state index contributed by atoms with van der Waals surface area (Å²) < 4.78 is 37.2. The van der Waals surface area contributed by atoms with Gasteiger partial charge in [0, 0.05) is 24.1 Å². The SMILES string of the molecule is O=C(/C=C/Sc1ccccc1)OCc1cccc(S(=O)(=O)N2CCOCC2)c1. The van der Waals surface area contributed by atoms with E-state index in [0.29, 0.717) is 31.9 Å². The number of rotatable bonds is 7. The van der Waals surface area contributed by atoms with Crippen molar-refractivity contribution < 1.29 is 22.7 Å². The minimum absolute atomic E-state index is 0.00560. The number of benzene rings is 2. The summed E-state index contributed by atoms with van der Waals surface area (Å²) in [5, 5.41) is 1.66. The Kier molecular flexibility index (Phi) is 7.27. The molecular formula is C20H21NO5S2. The van der Waals surface area contributed by atoms with Gasteiger partial charge >= 0.3 is 5.97 Å². The molecule has 0 spiro atoms. The molecule has 0 atom stereocenters. The van der Waals surface area contributed by atoms with Gasteiger partial charge in [-0.1, -0.05) is 42.1 Å². The van der Waals surface area contributed by atoms with Gasteiger partial charge in [-0.25, -0.2) is 13.2 Å². The van der Waals surface area contributed by atoms with Crippen molar-refractivity contribution in [1.29, 1.82) is 0 Å². The van der Waals surface area contributed by atoms with E-state index in [2.05, 4.69) is 0 Å². The highest BCUT2D eigenvalue weighted by atomic mass is 32.2. The second-order valence-electron chi connectivity index (χ2n) is 6.01. The van der Waals surface area contributed by atoms with E-state index in [0.717, 1.165) is 4.90 Å². The molecule has 3 rings (SSSR count). The molecule has 0 saturated carbocycles. The largest absolute Gasteiger partial charge is 0.458 e. The van der Waals surface area contributed by atoms with Gasteiger partial charge in [-0.05, 0) is 35.2 Å². The third kappa shape index (κ3) is 5.68. The molecule has 0 radical (unpaired) electrons. The van der Waals surface area contributed by atoms with Crippen molar-refractivity contribution in [2.24, 2.45) is 0 Å². The van der Waals surface area contributed by atoms with Crippen LogP contribution in [-0.4, -0.2) is 45.0 Å². The van der Waals surface area contributed by atoms with Crippen LogP contribution in [0.15, 0.2) is 75.9 Å². The van der Waals surface area contributed by atoms with Crippen molar-refractivity contribution in [2.75, 3.05) is 26.3 Å². The molecule has 6 nitrogen and oxygen atoms in total. The Morgan fingerprint density at radius 2 is 1.86 bits per heavy atom. The molecule has 0 unspecified atom stereocenters. The first kappa shape index (κ1) is 20.6. The Morgan fingerprint density at radius 1 is 1.11 bits per heavy atom. The molecule has 2 aromatic rings. The monoisotopic (exact) mass is 419 g/mol. The maximum absolute atomic E-state index is 12.7. The van der Waals surface area contributed by atoms with Crippen molar-refractivity contribution in [1.82, 2.24) is 4.31 Å². The molecule has 8 heteroatoms. The van der Waals surface area contributed by atoms with Crippen LogP contribution in [0.4, 0.5) is 0 Å². The van der Waals surface area contributed by atoms with Crippen molar-refractivity contribution in [3.63, 3.8) is 0 Å². The first-order chi connectivity index (χ1) is 13.6. The van der Waals surface area contributed by atoms with E-state index in [1.165, 1.54) is 22.1 Å². The zero-order chi connectivity index (χ0) is 19.8. The number of esters is 1. The smallest absolute Gasteiger partial charge is 0.331 e. The fourth-order valence-corrected chi connectivity index (χ4v) is 4.73. The lowest BCUT2D eigenvalue weighted by Crippen LogP contribution is -2.40. The van der Waals surface area contributed by atoms with Crippen LogP contribution in [0.5, 0.6) is 0 Å². The van der Waals surface area contributed by atoms with E-state index in [1.54, 1.807) is 29.7 Å². The van der Waals surface area contributed by atoms with Gasteiger partial charge in [0.1, 0.15) is 6.61 Å². The van der Waals surface area contributed by atoms with Crippen molar-refractivity contribution in [2.45, 2.75) is 16.4 Å². The third-order valence-corrected chi connectivity index (χ3v) is 6.75. The van der Waals surface area contributed by atoms with E-state index in [-0.39, 0.29) is 11.5 Å². The predicted molar refractivity (Wildman–Crippen MR) is 107 cm³/mol. The van der Waals surface area contributed by atoms with E-state index in [9.17, 15) is 13.2 Å². The number of hydrogen-bond donors (Lipinski definition) is 0. The van der Waals surface area contributed by atoms with Crippen LogP contribution in [0, 0.1) is 0 Å². The lowest BCUT2D eigenvalue weighted by atomic mass is 10.2. The van der Waals surface area contributed by atoms with Crippen LogP contribution in [0.3, 0.4) is 0 Å². The van der Waals surface area contributed by atoms with E-state index in [1.807, 2.05) is 30.3 Å². The molecule has 148 valence electrons. The number of sulfonamides is 1. The second kappa shape index (κ2) is 9.88. The van der Waals surface area contributed by atoms with Gasteiger partial charge in [-0.3, -0.25) is 0 Å². The number of carbonyl (C=O) groups excluding carboxylic acids is 1. The number of hydrogen-bond acceptors (Lipinski definition) is 6. The summed E-state index contributed by atoms with van der Waals surface area (Å²) in [5.41, 5.74) is 0.617. The van der Waals surface area contributed by atoms with Crippen LogP contribution >= 0.6 is 11.8 Å². The highest BCUT2D eigenvalue weighted by Gasteiger charge is 2.26. The van der Waals surface area contributed by atoms with Crippen molar-refractivity contribution in [3.8, 4) is 0 Å². The average molecular weight is 420 g/mol. The molecule has 0 amide bonds. The van der Waals surface area contributed by atoms with Gasteiger partial charge in [0.05, 0.1) is 18.1 Å². The Bertz CT molecular complexity index is 923. The van der Waals surface area contributed by atoms with Gasteiger partial charge in [0.15, 0.2) is 0 Å². The molecule has 28 heavy (non-hydrogen) atoms. The lowest BCUT2D eigenvalue weighted by molar-refractivity contribution is -0.138. The van der Waals surface area contributed by atoms with Crippen molar-refractivity contribution >= 4 is 27.8 Å².